The van der Waals surface area contributed by atoms with Crippen molar-refractivity contribution >= 4 is 11.8 Å². The van der Waals surface area contributed by atoms with Crippen molar-refractivity contribution in [3.05, 3.63) is 36.0 Å². The van der Waals surface area contributed by atoms with E-state index in [0.717, 1.165) is 0 Å². The van der Waals surface area contributed by atoms with Crippen LogP contribution in [0.25, 0.3) is 11.4 Å². The van der Waals surface area contributed by atoms with E-state index in [4.69, 9.17) is 9.26 Å². The molecular weight excluding hydrogens is 355 g/mol. The van der Waals surface area contributed by atoms with Gasteiger partial charge in [-0.25, -0.2) is 4.39 Å². The number of carbonyl (C=O) groups is 2. The molecule has 0 saturated heterocycles. The molecule has 1 N–H and O–H groups in total. The number of methoxy groups -OCH3 is 1. The Labute approximate surface area is 156 Å². The van der Waals surface area contributed by atoms with Gasteiger partial charge in [0.15, 0.2) is 0 Å². The van der Waals surface area contributed by atoms with Gasteiger partial charge in [0.05, 0.1) is 6.54 Å². The molecule has 1 aromatic heterocycles. The normalized spacial score (nSPS) is 10.6. The molecule has 0 saturated carbocycles. The first-order chi connectivity index (χ1) is 13.0. The molecule has 0 unspecified atom stereocenters. The van der Waals surface area contributed by atoms with Crippen LogP contribution in [0.1, 0.15) is 18.7 Å². The van der Waals surface area contributed by atoms with E-state index in [2.05, 4.69) is 15.5 Å². The lowest BCUT2D eigenvalue weighted by Crippen LogP contribution is -2.38. The number of benzene rings is 1. The predicted molar refractivity (Wildman–Crippen MR) is 95.2 cm³/mol. The van der Waals surface area contributed by atoms with Gasteiger partial charge in [-0.05, 0) is 30.7 Å². The van der Waals surface area contributed by atoms with Crippen molar-refractivity contribution in [2.45, 2.75) is 19.3 Å². The number of halogens is 1. The zero-order chi connectivity index (χ0) is 19.6. The number of aryl methyl sites for hydroxylation is 1. The van der Waals surface area contributed by atoms with Gasteiger partial charge in [-0.1, -0.05) is 5.16 Å². The summed E-state index contributed by atoms with van der Waals surface area (Å²) in [5.74, 6) is -0.137. The number of rotatable bonds is 10. The quantitative estimate of drug-likeness (QED) is 0.628. The van der Waals surface area contributed by atoms with Crippen LogP contribution in [-0.4, -0.2) is 60.7 Å². The van der Waals surface area contributed by atoms with Crippen molar-refractivity contribution in [3.63, 3.8) is 0 Å². The molecule has 0 spiro atoms. The zero-order valence-corrected chi connectivity index (χ0v) is 15.4. The number of likely N-dealkylation sites (N-methyl/N-ethyl adjacent to an activating group) is 1. The molecule has 2 amide bonds. The molecule has 2 rings (SSSR count). The Balaban J connectivity index is 1.76. The lowest BCUT2D eigenvalue weighted by atomic mass is 10.2. The molecule has 0 radical (unpaired) electrons. The van der Waals surface area contributed by atoms with E-state index in [9.17, 15) is 14.0 Å². The summed E-state index contributed by atoms with van der Waals surface area (Å²) in [7, 11) is 3.16. The van der Waals surface area contributed by atoms with Gasteiger partial charge >= 0.3 is 0 Å². The summed E-state index contributed by atoms with van der Waals surface area (Å²) in [5.41, 5.74) is 0.625. The number of nitrogens with zero attached hydrogens (tertiary/aromatic N) is 3. The van der Waals surface area contributed by atoms with Crippen molar-refractivity contribution < 1.29 is 23.2 Å². The minimum atomic E-state index is -0.348. The summed E-state index contributed by atoms with van der Waals surface area (Å²) < 4.78 is 23.0. The second-order valence-corrected chi connectivity index (χ2v) is 5.96. The first kappa shape index (κ1) is 20.5. The average Bonchev–Trinajstić information content (AvgIpc) is 3.13. The fourth-order valence-electron chi connectivity index (χ4n) is 2.28. The summed E-state index contributed by atoms with van der Waals surface area (Å²) in [5, 5.41) is 6.55. The van der Waals surface area contributed by atoms with Gasteiger partial charge in [-0.15, -0.1) is 0 Å². The molecule has 0 aliphatic heterocycles. The molecule has 1 heterocycles. The first-order valence-electron chi connectivity index (χ1n) is 8.57. The lowest BCUT2D eigenvalue weighted by molar-refractivity contribution is -0.134. The van der Waals surface area contributed by atoms with E-state index < -0.39 is 0 Å². The first-order valence-corrected chi connectivity index (χ1v) is 8.57. The van der Waals surface area contributed by atoms with Crippen LogP contribution in [0.5, 0.6) is 0 Å². The van der Waals surface area contributed by atoms with Gasteiger partial charge < -0.3 is 19.5 Å². The number of ether oxygens (including phenoxy) is 1. The maximum atomic E-state index is 12.9. The highest BCUT2D eigenvalue weighted by molar-refractivity contribution is 5.84. The van der Waals surface area contributed by atoms with Gasteiger partial charge in [0.2, 0.25) is 23.5 Å². The number of aromatic nitrogens is 2. The van der Waals surface area contributed by atoms with Crippen molar-refractivity contribution in [2.75, 3.05) is 33.9 Å². The summed E-state index contributed by atoms with van der Waals surface area (Å²) in [6, 6.07) is 5.72. The highest BCUT2D eigenvalue weighted by Crippen LogP contribution is 2.16. The highest BCUT2D eigenvalue weighted by Gasteiger charge is 2.15. The lowest BCUT2D eigenvalue weighted by Gasteiger charge is -2.16. The Morgan fingerprint density at radius 2 is 2.04 bits per heavy atom. The van der Waals surface area contributed by atoms with Gasteiger partial charge in [0.1, 0.15) is 5.82 Å². The van der Waals surface area contributed by atoms with Gasteiger partial charge in [-0.3, -0.25) is 9.59 Å². The molecule has 0 aliphatic carbocycles. The van der Waals surface area contributed by atoms with Crippen LogP contribution in [0.4, 0.5) is 4.39 Å². The number of amides is 2. The third kappa shape index (κ3) is 6.78. The second kappa shape index (κ2) is 10.4. The largest absolute Gasteiger partial charge is 0.385 e. The minimum absolute atomic E-state index is 0.0174. The number of carbonyl (C=O) groups excluding carboxylic acids is 2. The SMILES string of the molecule is COCCCNC(=O)CN(C)C(=O)CCc1nc(-c2ccc(F)cc2)no1. The van der Waals surface area contributed by atoms with Crippen LogP contribution in [0, 0.1) is 5.82 Å². The Morgan fingerprint density at radius 1 is 1.30 bits per heavy atom. The Morgan fingerprint density at radius 3 is 2.74 bits per heavy atom. The van der Waals surface area contributed by atoms with E-state index in [0.29, 0.717) is 36.9 Å². The standard InChI is InChI=1S/C18H23FN4O4/c1-23(12-15(24)20-10-3-11-26-2)17(25)9-8-16-21-18(22-27-16)13-4-6-14(19)7-5-13/h4-7H,3,8-12H2,1-2H3,(H,20,24). The van der Waals surface area contributed by atoms with Gasteiger partial charge in [0.25, 0.3) is 0 Å². The Kier molecular flexibility index (Phi) is 7.87. The van der Waals surface area contributed by atoms with Crippen LogP contribution in [-0.2, 0) is 20.7 Å². The molecular formula is C18H23FN4O4. The van der Waals surface area contributed by atoms with Crippen LogP contribution < -0.4 is 5.32 Å². The molecule has 2 aromatic rings. The Bertz CT molecular complexity index is 748. The van der Waals surface area contributed by atoms with Crippen LogP contribution in [0.2, 0.25) is 0 Å². The van der Waals surface area contributed by atoms with Crippen molar-refractivity contribution in [2.24, 2.45) is 0 Å². The molecule has 0 aliphatic rings. The average molecular weight is 378 g/mol. The molecule has 27 heavy (non-hydrogen) atoms. The monoisotopic (exact) mass is 378 g/mol. The fourth-order valence-corrected chi connectivity index (χ4v) is 2.28. The second-order valence-electron chi connectivity index (χ2n) is 5.96. The van der Waals surface area contributed by atoms with Crippen LogP contribution >= 0.6 is 0 Å². The smallest absolute Gasteiger partial charge is 0.239 e. The summed E-state index contributed by atoms with van der Waals surface area (Å²) in [4.78, 5) is 29.5. The van der Waals surface area contributed by atoms with Crippen LogP contribution in [0.15, 0.2) is 28.8 Å². The summed E-state index contributed by atoms with van der Waals surface area (Å²) in [6.07, 6.45) is 1.11. The van der Waals surface area contributed by atoms with E-state index in [1.54, 1.807) is 26.3 Å². The topological polar surface area (TPSA) is 97.6 Å². The Hall–Kier alpha value is -2.81. The third-order valence-corrected chi connectivity index (χ3v) is 3.78. The van der Waals surface area contributed by atoms with E-state index in [-0.39, 0.29) is 37.0 Å². The van der Waals surface area contributed by atoms with Crippen molar-refractivity contribution in [1.82, 2.24) is 20.4 Å². The highest BCUT2D eigenvalue weighted by atomic mass is 19.1. The summed E-state index contributed by atoms with van der Waals surface area (Å²) in [6.45, 7) is 1.05. The number of hydrogen-bond acceptors (Lipinski definition) is 6. The molecule has 9 heteroatoms. The zero-order valence-electron chi connectivity index (χ0n) is 15.4. The predicted octanol–water partition coefficient (Wildman–Crippen LogP) is 1.42. The molecule has 1 aromatic carbocycles. The van der Waals surface area contributed by atoms with Crippen molar-refractivity contribution in [1.29, 1.82) is 0 Å². The molecule has 0 atom stereocenters. The molecule has 0 fully saturated rings. The van der Waals surface area contributed by atoms with Crippen molar-refractivity contribution in [3.8, 4) is 11.4 Å². The van der Waals surface area contributed by atoms with E-state index >= 15 is 0 Å². The van der Waals surface area contributed by atoms with Gasteiger partial charge in [-0.2, -0.15) is 4.98 Å². The van der Waals surface area contributed by atoms with E-state index in [1.807, 2.05) is 0 Å². The number of nitrogens with one attached hydrogen (secondary N) is 1. The van der Waals surface area contributed by atoms with Gasteiger partial charge in [0, 0.05) is 45.7 Å². The molecule has 0 bridgehead atoms. The number of hydrogen-bond donors (Lipinski definition) is 1. The minimum Gasteiger partial charge on any atom is -0.385 e. The fraction of sp³-hybridized carbons (Fsp3) is 0.444. The summed E-state index contributed by atoms with van der Waals surface area (Å²) >= 11 is 0. The maximum Gasteiger partial charge on any atom is 0.239 e. The van der Waals surface area contributed by atoms with Crippen LogP contribution in [0.3, 0.4) is 0 Å². The third-order valence-electron chi connectivity index (χ3n) is 3.78. The maximum absolute atomic E-state index is 12.9. The molecule has 8 nitrogen and oxygen atoms in total. The van der Waals surface area contributed by atoms with E-state index in [1.165, 1.54) is 17.0 Å². The molecule has 146 valence electrons.